The molecule has 1 saturated heterocycles. The van der Waals surface area contributed by atoms with Crippen LogP contribution in [0.4, 0.5) is 4.39 Å². The number of hydrogen-bond donors (Lipinski definition) is 2. The first-order valence-electron chi connectivity index (χ1n) is 12.6. The van der Waals surface area contributed by atoms with Crippen molar-refractivity contribution in [3.63, 3.8) is 0 Å². The lowest BCUT2D eigenvalue weighted by Gasteiger charge is -2.39. The summed E-state index contributed by atoms with van der Waals surface area (Å²) in [6.45, 7) is 2.73. The summed E-state index contributed by atoms with van der Waals surface area (Å²) in [6, 6.07) is 7.28. The number of nitrogens with one attached hydrogen (secondary N) is 2. The third-order valence-corrected chi connectivity index (χ3v) is 7.79. The molecule has 3 aromatic heterocycles. The third kappa shape index (κ3) is 4.27. The van der Waals surface area contributed by atoms with Gasteiger partial charge in [0.05, 0.1) is 24.1 Å². The number of rotatable bonds is 6. The van der Waals surface area contributed by atoms with Gasteiger partial charge in [0.25, 0.3) is 5.91 Å². The molecule has 6 rings (SSSR count). The maximum Gasteiger partial charge on any atom is 0.272 e. The van der Waals surface area contributed by atoms with Crippen molar-refractivity contribution in [1.29, 1.82) is 0 Å². The van der Waals surface area contributed by atoms with Gasteiger partial charge < -0.3 is 10.2 Å². The van der Waals surface area contributed by atoms with E-state index in [2.05, 4.69) is 31.5 Å². The number of aromatic amines is 1. The second kappa shape index (κ2) is 8.80. The van der Waals surface area contributed by atoms with Crippen LogP contribution >= 0.6 is 0 Å². The average molecular weight is 489 g/mol. The summed E-state index contributed by atoms with van der Waals surface area (Å²) in [7, 11) is 0. The average Bonchev–Trinajstić information content (AvgIpc) is 3.82. The van der Waals surface area contributed by atoms with E-state index in [1.165, 1.54) is 18.4 Å². The molecular formula is C27H29FN6O2. The van der Waals surface area contributed by atoms with Crippen molar-refractivity contribution >= 4 is 11.8 Å². The molecule has 1 spiro atoms. The Hall–Kier alpha value is -3.62. The zero-order valence-corrected chi connectivity index (χ0v) is 20.3. The van der Waals surface area contributed by atoms with E-state index in [-0.39, 0.29) is 23.3 Å². The molecule has 8 nitrogen and oxygen atoms in total. The Balaban J connectivity index is 1.11. The van der Waals surface area contributed by atoms with Crippen molar-refractivity contribution in [1.82, 2.24) is 30.4 Å². The van der Waals surface area contributed by atoms with E-state index >= 15 is 0 Å². The quantitative estimate of drug-likeness (QED) is 0.548. The van der Waals surface area contributed by atoms with Crippen LogP contribution in [-0.2, 0) is 11.3 Å². The van der Waals surface area contributed by atoms with Crippen LogP contribution in [0.15, 0.2) is 36.7 Å². The molecule has 2 aliphatic carbocycles. The maximum absolute atomic E-state index is 14.3. The minimum atomic E-state index is -0.480. The van der Waals surface area contributed by atoms with E-state index in [0.717, 1.165) is 24.7 Å². The van der Waals surface area contributed by atoms with Crippen LogP contribution < -0.4 is 5.32 Å². The summed E-state index contributed by atoms with van der Waals surface area (Å²) in [5, 5.41) is 10.1. The van der Waals surface area contributed by atoms with Gasteiger partial charge in [0.1, 0.15) is 5.69 Å². The molecule has 2 N–H and O–H groups in total. The topological polar surface area (TPSA) is 104 Å². The van der Waals surface area contributed by atoms with Crippen molar-refractivity contribution in [3.05, 3.63) is 65.1 Å². The van der Waals surface area contributed by atoms with E-state index < -0.39 is 5.82 Å². The number of halogens is 1. The number of pyridine rings is 2. The Morgan fingerprint density at radius 2 is 2.06 bits per heavy atom. The minimum absolute atomic E-state index is 0.0353. The van der Waals surface area contributed by atoms with Gasteiger partial charge in [0.2, 0.25) is 5.91 Å². The van der Waals surface area contributed by atoms with E-state index in [0.29, 0.717) is 54.5 Å². The molecule has 186 valence electrons. The van der Waals surface area contributed by atoms with Gasteiger partial charge in [0, 0.05) is 35.5 Å². The van der Waals surface area contributed by atoms with Crippen molar-refractivity contribution in [2.45, 2.75) is 63.5 Å². The Morgan fingerprint density at radius 3 is 2.83 bits per heavy atom. The fraction of sp³-hybridized carbons (Fsp3) is 0.444. The van der Waals surface area contributed by atoms with Gasteiger partial charge in [-0.2, -0.15) is 5.10 Å². The van der Waals surface area contributed by atoms with Gasteiger partial charge in [-0.3, -0.25) is 24.7 Å². The predicted octanol–water partition coefficient (Wildman–Crippen LogP) is 3.89. The lowest BCUT2D eigenvalue weighted by Crippen LogP contribution is -2.50. The number of amides is 2. The number of likely N-dealkylation sites (tertiary alicyclic amines) is 1. The molecule has 1 atom stereocenters. The Labute approximate surface area is 208 Å². The number of nitrogens with zero attached hydrogens (tertiary/aromatic N) is 4. The SMILES string of the molecule is Cc1cc(-c2cc(C(=O)N3CC[C@@H](C(=O)NCc4ncccc4C4CC4)CC34CC4)[nH]n2)c(F)cn1. The summed E-state index contributed by atoms with van der Waals surface area (Å²) in [5.74, 6) is -0.147. The first kappa shape index (κ1) is 22.8. The number of aryl methyl sites for hydroxylation is 1. The molecule has 0 radical (unpaired) electrons. The molecule has 2 amide bonds. The van der Waals surface area contributed by atoms with Crippen molar-refractivity contribution < 1.29 is 14.0 Å². The second-order valence-corrected chi connectivity index (χ2v) is 10.4. The number of aromatic nitrogens is 4. The first-order valence-corrected chi connectivity index (χ1v) is 12.6. The molecule has 9 heteroatoms. The molecule has 0 unspecified atom stereocenters. The maximum atomic E-state index is 14.3. The van der Waals surface area contributed by atoms with Crippen LogP contribution in [0.25, 0.3) is 11.3 Å². The summed E-state index contributed by atoms with van der Waals surface area (Å²) in [4.78, 5) is 36.8. The minimum Gasteiger partial charge on any atom is -0.350 e. The lowest BCUT2D eigenvalue weighted by atomic mass is 9.88. The number of piperidine rings is 1. The highest BCUT2D eigenvalue weighted by atomic mass is 19.1. The standard InChI is InChI=1S/C27H29FN6O2/c1-16-11-20(21(28)14-30-16)22-12-23(33-32-22)26(36)34-10-6-18(13-27(34)7-8-27)25(35)31-15-24-19(17-4-5-17)3-2-9-29-24/h2-3,9,11-12,14,17-18H,4-8,10,13,15H2,1H3,(H,31,35)(H,32,33)/t18-/m1/s1. The van der Waals surface area contributed by atoms with Gasteiger partial charge in [0.15, 0.2) is 5.82 Å². The first-order chi connectivity index (χ1) is 17.4. The Kier molecular flexibility index (Phi) is 5.58. The molecule has 36 heavy (non-hydrogen) atoms. The summed E-state index contributed by atoms with van der Waals surface area (Å²) >= 11 is 0. The largest absolute Gasteiger partial charge is 0.350 e. The van der Waals surface area contributed by atoms with Crippen molar-refractivity contribution in [2.75, 3.05) is 6.54 Å². The molecule has 4 heterocycles. The molecular weight excluding hydrogens is 459 g/mol. The fourth-order valence-corrected chi connectivity index (χ4v) is 5.49. The highest BCUT2D eigenvalue weighted by Crippen LogP contribution is 2.50. The van der Waals surface area contributed by atoms with E-state index in [1.807, 2.05) is 11.0 Å². The van der Waals surface area contributed by atoms with Gasteiger partial charge in [-0.1, -0.05) is 6.07 Å². The highest BCUT2D eigenvalue weighted by molar-refractivity contribution is 5.94. The molecule has 3 aliphatic rings. The normalized spacial score (nSPS) is 20.4. The molecule has 3 fully saturated rings. The molecule has 2 saturated carbocycles. The van der Waals surface area contributed by atoms with E-state index in [9.17, 15) is 14.0 Å². The smallest absolute Gasteiger partial charge is 0.272 e. The molecule has 0 aromatic carbocycles. The van der Waals surface area contributed by atoms with Crippen LogP contribution in [-0.4, -0.2) is 49.0 Å². The highest BCUT2D eigenvalue weighted by Gasteiger charge is 2.54. The summed E-state index contributed by atoms with van der Waals surface area (Å²) in [6.07, 6.45) is 8.35. The van der Waals surface area contributed by atoms with E-state index in [4.69, 9.17) is 0 Å². The summed E-state index contributed by atoms with van der Waals surface area (Å²) < 4.78 is 14.3. The van der Waals surface area contributed by atoms with Crippen LogP contribution in [0.1, 0.15) is 71.9 Å². The van der Waals surface area contributed by atoms with Crippen LogP contribution in [0.5, 0.6) is 0 Å². The number of carbonyl (C=O) groups excluding carboxylic acids is 2. The van der Waals surface area contributed by atoms with Gasteiger partial charge in [-0.25, -0.2) is 4.39 Å². The Morgan fingerprint density at radius 1 is 1.22 bits per heavy atom. The van der Waals surface area contributed by atoms with E-state index in [1.54, 1.807) is 25.3 Å². The lowest BCUT2D eigenvalue weighted by molar-refractivity contribution is -0.127. The molecule has 1 aliphatic heterocycles. The third-order valence-electron chi connectivity index (χ3n) is 7.79. The zero-order valence-electron chi connectivity index (χ0n) is 20.3. The number of carbonyl (C=O) groups is 2. The van der Waals surface area contributed by atoms with Crippen molar-refractivity contribution in [2.24, 2.45) is 5.92 Å². The van der Waals surface area contributed by atoms with Crippen LogP contribution in [0.3, 0.4) is 0 Å². The number of H-pyrrole nitrogens is 1. The summed E-state index contributed by atoms with van der Waals surface area (Å²) in [5.41, 5.74) is 3.61. The number of hydrogen-bond acceptors (Lipinski definition) is 5. The fourth-order valence-electron chi connectivity index (χ4n) is 5.49. The molecule has 0 bridgehead atoms. The van der Waals surface area contributed by atoms with Crippen molar-refractivity contribution in [3.8, 4) is 11.3 Å². The van der Waals surface area contributed by atoms with Gasteiger partial charge in [-0.05, 0) is 75.1 Å². The second-order valence-electron chi connectivity index (χ2n) is 10.4. The van der Waals surface area contributed by atoms with Gasteiger partial charge in [-0.15, -0.1) is 0 Å². The Bertz CT molecular complexity index is 1330. The van der Waals surface area contributed by atoms with Crippen LogP contribution in [0.2, 0.25) is 0 Å². The monoisotopic (exact) mass is 488 g/mol. The zero-order chi connectivity index (χ0) is 24.9. The van der Waals surface area contributed by atoms with Crippen LogP contribution in [0, 0.1) is 18.7 Å². The van der Waals surface area contributed by atoms with Gasteiger partial charge >= 0.3 is 0 Å². The molecule has 3 aromatic rings. The predicted molar refractivity (Wildman–Crippen MR) is 130 cm³/mol.